The van der Waals surface area contributed by atoms with Crippen LogP contribution in [0.1, 0.15) is 19.4 Å². The van der Waals surface area contributed by atoms with Gasteiger partial charge in [0.25, 0.3) is 0 Å². The maximum Gasteiger partial charge on any atom is 0.328 e. The van der Waals surface area contributed by atoms with Gasteiger partial charge in [-0.3, -0.25) is 5.32 Å². The molecule has 1 aromatic carbocycles. The number of methoxy groups -OCH3 is 1. The number of nitrogens with one attached hydrogen (secondary N) is 1. The van der Waals surface area contributed by atoms with Crippen molar-refractivity contribution in [3.63, 3.8) is 0 Å². The summed E-state index contributed by atoms with van der Waals surface area (Å²) in [6.07, 6.45) is 0. The van der Waals surface area contributed by atoms with E-state index >= 15 is 0 Å². The van der Waals surface area contributed by atoms with E-state index in [0.29, 0.717) is 25.3 Å². The fourth-order valence-electron chi connectivity index (χ4n) is 1.76. The summed E-state index contributed by atoms with van der Waals surface area (Å²) in [5, 5.41) is 12.4. The van der Waals surface area contributed by atoms with Crippen LogP contribution in [-0.4, -0.2) is 37.9 Å². The third-order valence-corrected chi connectivity index (χ3v) is 2.96. The summed E-state index contributed by atoms with van der Waals surface area (Å²) < 4.78 is 10.3. The van der Waals surface area contributed by atoms with Gasteiger partial charge in [-0.15, -0.1) is 0 Å². The van der Waals surface area contributed by atoms with Crippen LogP contribution in [0, 0.1) is 0 Å². The zero-order valence-electron chi connectivity index (χ0n) is 11.6. The van der Waals surface area contributed by atoms with Gasteiger partial charge in [0, 0.05) is 13.7 Å². The van der Waals surface area contributed by atoms with Crippen molar-refractivity contribution in [2.24, 2.45) is 0 Å². The Bertz CT molecular complexity index is 404. The van der Waals surface area contributed by atoms with Crippen LogP contribution in [0.5, 0.6) is 5.75 Å². The van der Waals surface area contributed by atoms with Gasteiger partial charge in [-0.2, -0.15) is 0 Å². The third-order valence-electron chi connectivity index (χ3n) is 2.96. The second-order valence-electron chi connectivity index (χ2n) is 4.31. The van der Waals surface area contributed by atoms with Crippen LogP contribution < -0.4 is 10.1 Å². The average molecular weight is 267 g/mol. The standard InChI is InChI=1S/C14H21NO4/c1-4-19-12-7-5-11(6-8-12)14(2,13(16)17)15-9-10-18-3/h5-8,15H,4,9-10H2,1-3H3,(H,16,17). The number of rotatable bonds is 8. The predicted octanol–water partition coefficient (Wildman–Crippen LogP) is 1.62. The van der Waals surface area contributed by atoms with Crippen LogP contribution in [0.25, 0.3) is 0 Å². The zero-order valence-corrected chi connectivity index (χ0v) is 11.6. The Kier molecular flexibility index (Phi) is 5.79. The fraction of sp³-hybridized carbons (Fsp3) is 0.500. The summed E-state index contributed by atoms with van der Waals surface area (Å²) in [5.74, 6) is -0.191. The lowest BCUT2D eigenvalue weighted by atomic mass is 9.92. The molecule has 1 aromatic rings. The largest absolute Gasteiger partial charge is 0.494 e. The molecule has 0 aromatic heterocycles. The minimum Gasteiger partial charge on any atom is -0.494 e. The van der Waals surface area contributed by atoms with Crippen molar-refractivity contribution >= 4 is 5.97 Å². The highest BCUT2D eigenvalue weighted by molar-refractivity contribution is 5.80. The van der Waals surface area contributed by atoms with Crippen molar-refractivity contribution in [2.75, 3.05) is 26.9 Å². The Hall–Kier alpha value is -1.59. The molecule has 0 aliphatic carbocycles. The second kappa shape index (κ2) is 7.11. The van der Waals surface area contributed by atoms with Gasteiger partial charge < -0.3 is 14.6 Å². The summed E-state index contributed by atoms with van der Waals surface area (Å²) in [4.78, 5) is 11.5. The molecule has 0 fully saturated rings. The second-order valence-corrected chi connectivity index (χ2v) is 4.31. The molecule has 0 heterocycles. The topological polar surface area (TPSA) is 67.8 Å². The molecule has 0 bridgehead atoms. The number of carboxylic acid groups (broad SMARTS) is 1. The fourth-order valence-corrected chi connectivity index (χ4v) is 1.76. The van der Waals surface area contributed by atoms with Crippen LogP contribution in [0.4, 0.5) is 0 Å². The van der Waals surface area contributed by atoms with E-state index in [2.05, 4.69) is 5.32 Å². The van der Waals surface area contributed by atoms with Crippen LogP contribution in [0.15, 0.2) is 24.3 Å². The van der Waals surface area contributed by atoms with Gasteiger partial charge >= 0.3 is 5.97 Å². The van der Waals surface area contributed by atoms with Crippen molar-refractivity contribution in [2.45, 2.75) is 19.4 Å². The first-order chi connectivity index (χ1) is 9.04. The molecule has 0 saturated heterocycles. The Morgan fingerprint density at radius 3 is 2.47 bits per heavy atom. The van der Waals surface area contributed by atoms with Gasteiger partial charge in [0.1, 0.15) is 11.3 Å². The number of hydrogen-bond donors (Lipinski definition) is 2. The summed E-state index contributed by atoms with van der Waals surface area (Å²) >= 11 is 0. The highest BCUT2D eigenvalue weighted by Crippen LogP contribution is 2.23. The molecule has 0 aliphatic heterocycles. The van der Waals surface area contributed by atoms with E-state index in [1.807, 2.05) is 6.92 Å². The Morgan fingerprint density at radius 2 is 2.00 bits per heavy atom. The maximum absolute atomic E-state index is 11.5. The molecule has 106 valence electrons. The summed E-state index contributed by atoms with van der Waals surface area (Å²) in [7, 11) is 1.58. The van der Waals surface area contributed by atoms with Crippen LogP contribution in [0.2, 0.25) is 0 Å². The van der Waals surface area contributed by atoms with Gasteiger partial charge in [0.05, 0.1) is 13.2 Å². The molecule has 0 spiro atoms. The van der Waals surface area contributed by atoms with E-state index in [4.69, 9.17) is 9.47 Å². The van der Waals surface area contributed by atoms with E-state index in [0.717, 1.165) is 5.75 Å². The number of benzene rings is 1. The lowest BCUT2D eigenvalue weighted by molar-refractivity contribution is -0.144. The highest BCUT2D eigenvalue weighted by atomic mass is 16.5. The predicted molar refractivity (Wildman–Crippen MR) is 72.5 cm³/mol. The van der Waals surface area contributed by atoms with Gasteiger partial charge in [0.2, 0.25) is 0 Å². The molecule has 0 amide bonds. The monoisotopic (exact) mass is 267 g/mol. The number of carboxylic acids is 1. The molecule has 2 N–H and O–H groups in total. The SMILES string of the molecule is CCOc1ccc(C(C)(NCCOC)C(=O)O)cc1. The lowest BCUT2D eigenvalue weighted by Crippen LogP contribution is -2.47. The first kappa shape index (κ1) is 15.5. The molecule has 19 heavy (non-hydrogen) atoms. The van der Waals surface area contributed by atoms with E-state index in [1.165, 1.54) is 0 Å². The van der Waals surface area contributed by atoms with Crippen molar-refractivity contribution < 1.29 is 19.4 Å². The number of ether oxygens (including phenoxy) is 2. The van der Waals surface area contributed by atoms with Crippen LogP contribution >= 0.6 is 0 Å². The van der Waals surface area contributed by atoms with Crippen molar-refractivity contribution in [3.8, 4) is 5.75 Å². The Balaban J connectivity index is 2.88. The zero-order chi connectivity index (χ0) is 14.3. The molecule has 5 heteroatoms. The summed E-state index contributed by atoms with van der Waals surface area (Å²) in [6.45, 7) is 5.05. The molecular formula is C14H21NO4. The molecule has 0 saturated carbocycles. The van der Waals surface area contributed by atoms with E-state index in [-0.39, 0.29) is 0 Å². The third kappa shape index (κ3) is 3.94. The van der Waals surface area contributed by atoms with Crippen molar-refractivity contribution in [1.82, 2.24) is 5.32 Å². The highest BCUT2D eigenvalue weighted by Gasteiger charge is 2.34. The number of aliphatic carboxylic acids is 1. The maximum atomic E-state index is 11.5. The smallest absolute Gasteiger partial charge is 0.328 e. The quantitative estimate of drug-likeness (QED) is 0.701. The molecule has 0 aliphatic rings. The number of hydrogen-bond acceptors (Lipinski definition) is 4. The van der Waals surface area contributed by atoms with Crippen molar-refractivity contribution in [1.29, 1.82) is 0 Å². The molecule has 5 nitrogen and oxygen atoms in total. The molecular weight excluding hydrogens is 246 g/mol. The molecule has 0 radical (unpaired) electrons. The Morgan fingerprint density at radius 1 is 1.37 bits per heavy atom. The lowest BCUT2D eigenvalue weighted by Gasteiger charge is -2.27. The van der Waals surface area contributed by atoms with Gasteiger partial charge in [0.15, 0.2) is 0 Å². The van der Waals surface area contributed by atoms with Crippen LogP contribution in [0.3, 0.4) is 0 Å². The summed E-state index contributed by atoms with van der Waals surface area (Å²) in [6, 6.07) is 7.08. The summed E-state index contributed by atoms with van der Waals surface area (Å²) in [5.41, 5.74) is -0.455. The minimum atomic E-state index is -1.14. The molecule has 1 rings (SSSR count). The average Bonchev–Trinajstić information content (AvgIpc) is 2.40. The van der Waals surface area contributed by atoms with Crippen LogP contribution in [-0.2, 0) is 15.1 Å². The minimum absolute atomic E-state index is 0.458. The normalized spacial score (nSPS) is 13.8. The van der Waals surface area contributed by atoms with Gasteiger partial charge in [-0.25, -0.2) is 4.79 Å². The van der Waals surface area contributed by atoms with E-state index in [9.17, 15) is 9.90 Å². The van der Waals surface area contributed by atoms with Gasteiger partial charge in [-0.05, 0) is 31.5 Å². The number of carbonyl (C=O) groups is 1. The molecule has 1 atom stereocenters. The van der Waals surface area contributed by atoms with E-state index in [1.54, 1.807) is 38.3 Å². The van der Waals surface area contributed by atoms with Gasteiger partial charge in [-0.1, -0.05) is 12.1 Å². The molecule has 1 unspecified atom stereocenters. The van der Waals surface area contributed by atoms with E-state index < -0.39 is 11.5 Å². The first-order valence-corrected chi connectivity index (χ1v) is 6.25. The first-order valence-electron chi connectivity index (χ1n) is 6.25. The Labute approximate surface area is 113 Å². The van der Waals surface area contributed by atoms with Crippen molar-refractivity contribution in [3.05, 3.63) is 29.8 Å².